The summed E-state index contributed by atoms with van der Waals surface area (Å²) in [5.41, 5.74) is 1.22. The Kier molecular flexibility index (Phi) is 4.46. The molecule has 1 aromatic carbocycles. The molecule has 3 nitrogen and oxygen atoms in total. The van der Waals surface area contributed by atoms with Crippen LogP contribution in [-0.2, 0) is 6.42 Å². The van der Waals surface area contributed by atoms with Crippen LogP contribution in [0.5, 0.6) is 0 Å². The molecule has 0 bridgehead atoms. The number of hydrogen-bond acceptors (Lipinski definition) is 3. The predicted octanol–water partition coefficient (Wildman–Crippen LogP) is 2.54. The van der Waals surface area contributed by atoms with Gasteiger partial charge in [-0.2, -0.15) is 0 Å². The lowest BCUT2D eigenvalue weighted by Crippen LogP contribution is -2.11. The van der Waals surface area contributed by atoms with Gasteiger partial charge in [-0.05, 0) is 18.4 Å². The van der Waals surface area contributed by atoms with Crippen LogP contribution in [0, 0.1) is 10.1 Å². The molecule has 1 rings (SSSR count). The molecule has 0 saturated carbocycles. The maximum atomic E-state index is 10.3. The number of benzene rings is 1. The summed E-state index contributed by atoms with van der Waals surface area (Å²) in [5, 5.41) is 9.55. The van der Waals surface area contributed by atoms with Gasteiger partial charge in [0.2, 0.25) is 0 Å². The lowest BCUT2D eigenvalue weighted by molar-refractivity contribution is -0.495. The second-order valence-electron chi connectivity index (χ2n) is 3.14. The summed E-state index contributed by atoms with van der Waals surface area (Å²) in [6.07, 6.45) is 2.20. The molecule has 1 unspecified atom stereocenters. The average molecular weight is 211 g/mol. The molecular weight excluding hydrogens is 198 g/mol. The molecule has 0 amide bonds. The fourth-order valence-electron chi connectivity index (χ4n) is 1.24. The Labute approximate surface area is 88.7 Å². The molecule has 14 heavy (non-hydrogen) atoms. The van der Waals surface area contributed by atoms with E-state index in [2.05, 4.69) is 12.6 Å². The molecule has 76 valence electrons. The van der Waals surface area contributed by atoms with Gasteiger partial charge in [0.1, 0.15) is 0 Å². The SMILES string of the molecule is O=[N+]([O-])C(S)CCCc1ccccc1. The highest BCUT2D eigenvalue weighted by Gasteiger charge is 2.12. The lowest BCUT2D eigenvalue weighted by atomic mass is 10.1. The van der Waals surface area contributed by atoms with Gasteiger partial charge in [-0.25, -0.2) is 0 Å². The third-order valence-electron chi connectivity index (χ3n) is 2.01. The summed E-state index contributed by atoms with van der Waals surface area (Å²) in [6.45, 7) is 0. The van der Waals surface area contributed by atoms with Crippen molar-refractivity contribution in [2.24, 2.45) is 0 Å². The minimum absolute atomic E-state index is 0.353. The molecule has 1 atom stereocenters. The van der Waals surface area contributed by atoms with E-state index < -0.39 is 5.37 Å². The second-order valence-corrected chi connectivity index (χ2v) is 3.74. The van der Waals surface area contributed by atoms with Crippen LogP contribution in [-0.4, -0.2) is 10.3 Å². The quantitative estimate of drug-likeness (QED) is 0.352. The second kappa shape index (κ2) is 5.65. The Balaban J connectivity index is 2.26. The summed E-state index contributed by atoms with van der Waals surface area (Å²) < 4.78 is 0. The fraction of sp³-hybridized carbons (Fsp3) is 0.400. The standard InChI is InChI=1S/C10H13NO2S/c12-11(13)10(14)8-4-7-9-5-2-1-3-6-9/h1-3,5-6,10,14H,4,7-8H2. The van der Waals surface area contributed by atoms with Gasteiger partial charge in [-0.15, -0.1) is 12.6 Å². The zero-order valence-electron chi connectivity index (χ0n) is 7.80. The summed E-state index contributed by atoms with van der Waals surface area (Å²) in [7, 11) is 0. The third-order valence-corrected chi connectivity index (χ3v) is 2.46. The van der Waals surface area contributed by atoms with Crippen molar-refractivity contribution in [2.45, 2.75) is 24.6 Å². The van der Waals surface area contributed by atoms with E-state index in [0.717, 1.165) is 12.8 Å². The van der Waals surface area contributed by atoms with E-state index in [1.165, 1.54) is 5.56 Å². The third kappa shape index (κ3) is 3.79. The van der Waals surface area contributed by atoms with Crippen LogP contribution < -0.4 is 0 Å². The molecule has 1 aromatic rings. The van der Waals surface area contributed by atoms with Crippen molar-refractivity contribution >= 4 is 12.6 Å². The number of aryl methyl sites for hydroxylation is 1. The van der Waals surface area contributed by atoms with E-state index in [4.69, 9.17) is 0 Å². The highest BCUT2D eigenvalue weighted by Crippen LogP contribution is 2.09. The Bertz CT molecular complexity index is 289. The van der Waals surface area contributed by atoms with Gasteiger partial charge in [0.05, 0.1) is 0 Å². The molecule has 0 N–H and O–H groups in total. The first-order valence-corrected chi connectivity index (χ1v) is 5.07. The number of nitro groups is 1. The van der Waals surface area contributed by atoms with E-state index in [9.17, 15) is 10.1 Å². The lowest BCUT2D eigenvalue weighted by Gasteiger charge is -2.02. The first kappa shape index (κ1) is 11.0. The predicted molar refractivity (Wildman–Crippen MR) is 59.1 cm³/mol. The van der Waals surface area contributed by atoms with E-state index in [-0.39, 0.29) is 4.92 Å². The molecule has 0 heterocycles. The number of hydrogen-bond donors (Lipinski definition) is 1. The average Bonchev–Trinajstić information content (AvgIpc) is 2.19. The van der Waals surface area contributed by atoms with Crippen LogP contribution >= 0.6 is 12.6 Å². The van der Waals surface area contributed by atoms with Crippen LogP contribution in [0.4, 0.5) is 0 Å². The maximum absolute atomic E-state index is 10.3. The molecule has 0 radical (unpaired) electrons. The minimum atomic E-state index is -0.723. The highest BCUT2D eigenvalue weighted by molar-refractivity contribution is 7.80. The van der Waals surface area contributed by atoms with Crippen LogP contribution in [0.15, 0.2) is 30.3 Å². The van der Waals surface area contributed by atoms with Crippen molar-refractivity contribution in [3.8, 4) is 0 Å². The van der Waals surface area contributed by atoms with Gasteiger partial charge in [0.25, 0.3) is 5.37 Å². The summed E-state index contributed by atoms with van der Waals surface area (Å²) >= 11 is 3.87. The van der Waals surface area contributed by atoms with Crippen molar-refractivity contribution in [3.63, 3.8) is 0 Å². The zero-order valence-corrected chi connectivity index (χ0v) is 8.69. The number of thiol groups is 1. The van der Waals surface area contributed by atoms with Crippen LogP contribution in [0.2, 0.25) is 0 Å². The maximum Gasteiger partial charge on any atom is 0.255 e. The van der Waals surface area contributed by atoms with Crippen molar-refractivity contribution in [1.82, 2.24) is 0 Å². The molecular formula is C10H13NO2S. The van der Waals surface area contributed by atoms with Gasteiger partial charge < -0.3 is 0 Å². The van der Waals surface area contributed by atoms with Crippen molar-refractivity contribution < 1.29 is 4.92 Å². The summed E-state index contributed by atoms with van der Waals surface area (Å²) in [4.78, 5) is 9.92. The van der Waals surface area contributed by atoms with Gasteiger partial charge in [0, 0.05) is 11.3 Å². The molecule has 0 aliphatic carbocycles. The van der Waals surface area contributed by atoms with Gasteiger partial charge in [-0.3, -0.25) is 10.1 Å². The van der Waals surface area contributed by atoms with Gasteiger partial charge in [0.15, 0.2) is 0 Å². The molecule has 0 saturated heterocycles. The van der Waals surface area contributed by atoms with Gasteiger partial charge in [-0.1, -0.05) is 30.3 Å². The summed E-state index contributed by atoms with van der Waals surface area (Å²) in [6, 6.07) is 9.96. The van der Waals surface area contributed by atoms with Crippen molar-refractivity contribution in [2.75, 3.05) is 0 Å². The Morgan fingerprint density at radius 2 is 2.00 bits per heavy atom. The number of nitrogens with zero attached hydrogens (tertiary/aromatic N) is 1. The van der Waals surface area contributed by atoms with E-state index in [1.807, 2.05) is 30.3 Å². The largest absolute Gasteiger partial charge is 0.263 e. The van der Waals surface area contributed by atoms with Crippen LogP contribution in [0.3, 0.4) is 0 Å². The van der Waals surface area contributed by atoms with E-state index >= 15 is 0 Å². The first-order chi connectivity index (χ1) is 6.70. The topological polar surface area (TPSA) is 43.1 Å². The molecule has 4 heteroatoms. The molecule has 0 fully saturated rings. The molecule has 0 aromatic heterocycles. The van der Waals surface area contributed by atoms with Crippen molar-refractivity contribution in [3.05, 3.63) is 46.0 Å². The monoisotopic (exact) mass is 211 g/mol. The smallest absolute Gasteiger partial charge is 0.255 e. The Morgan fingerprint density at radius 3 is 2.57 bits per heavy atom. The molecule has 0 aliphatic heterocycles. The number of rotatable bonds is 5. The minimum Gasteiger partial charge on any atom is -0.263 e. The zero-order chi connectivity index (χ0) is 10.4. The fourth-order valence-corrected chi connectivity index (χ4v) is 1.42. The highest BCUT2D eigenvalue weighted by atomic mass is 32.1. The van der Waals surface area contributed by atoms with Gasteiger partial charge >= 0.3 is 0 Å². The molecule has 0 aliphatic rings. The van der Waals surface area contributed by atoms with Crippen LogP contribution in [0.25, 0.3) is 0 Å². The van der Waals surface area contributed by atoms with E-state index in [0.29, 0.717) is 6.42 Å². The Hall–Kier alpha value is -1.03. The first-order valence-electron chi connectivity index (χ1n) is 4.55. The Morgan fingerprint density at radius 1 is 1.36 bits per heavy atom. The van der Waals surface area contributed by atoms with Crippen LogP contribution in [0.1, 0.15) is 18.4 Å². The van der Waals surface area contributed by atoms with Crippen molar-refractivity contribution in [1.29, 1.82) is 0 Å². The molecule has 0 spiro atoms. The normalized spacial score (nSPS) is 12.4. The summed E-state index contributed by atoms with van der Waals surface area (Å²) in [5.74, 6) is 0. The van der Waals surface area contributed by atoms with E-state index in [1.54, 1.807) is 0 Å².